The minimum atomic E-state index is -1.81. The summed E-state index contributed by atoms with van der Waals surface area (Å²) in [5, 5.41) is 0. The van der Waals surface area contributed by atoms with Gasteiger partial charge in [0.1, 0.15) is 11.5 Å². The van der Waals surface area contributed by atoms with Crippen LogP contribution in [0.5, 0.6) is 11.5 Å². The molecular weight excluding hydrogens is 520 g/mol. The van der Waals surface area contributed by atoms with E-state index in [0.29, 0.717) is 46.1 Å². The number of para-hydroxylation sites is 2. The van der Waals surface area contributed by atoms with Gasteiger partial charge in [0, 0.05) is 18.2 Å². The van der Waals surface area contributed by atoms with Crippen molar-refractivity contribution in [2.75, 3.05) is 31.1 Å². The van der Waals surface area contributed by atoms with Gasteiger partial charge in [0.15, 0.2) is 6.29 Å². The monoisotopic (exact) mass is 548 g/mol. The highest BCUT2D eigenvalue weighted by molar-refractivity contribution is 6.17. The molecule has 0 aliphatic carbocycles. The zero-order chi connectivity index (χ0) is 28.4. The molecule has 1 fully saturated rings. The largest absolute Gasteiger partial charge is 0.497 e. The maximum absolute atomic E-state index is 15.0. The smallest absolute Gasteiger partial charge is 0.268 e. The molecule has 4 aromatic rings. The molecule has 0 saturated carbocycles. The van der Waals surface area contributed by atoms with Gasteiger partial charge < -0.3 is 28.7 Å². The minimum absolute atomic E-state index is 0.302. The molecule has 7 rings (SSSR count). The quantitative estimate of drug-likeness (QED) is 0.347. The van der Waals surface area contributed by atoms with Crippen LogP contribution in [0.3, 0.4) is 0 Å². The number of nitrogens with zero attached hydrogens (tertiary/aromatic N) is 2. The summed E-state index contributed by atoms with van der Waals surface area (Å²) in [7, 11) is 4.81. The molecule has 2 spiro atoms. The first-order valence-electron chi connectivity index (χ1n) is 13.4. The van der Waals surface area contributed by atoms with E-state index in [2.05, 4.69) is 0 Å². The molecule has 0 aromatic heterocycles. The van der Waals surface area contributed by atoms with Crippen LogP contribution in [0.15, 0.2) is 97.1 Å². The molecule has 0 unspecified atom stereocenters. The van der Waals surface area contributed by atoms with E-state index in [1.165, 1.54) is 0 Å². The molecule has 0 N–H and O–H groups in total. The summed E-state index contributed by atoms with van der Waals surface area (Å²) in [4.78, 5) is 32.7. The van der Waals surface area contributed by atoms with Gasteiger partial charge in [-0.2, -0.15) is 0 Å². The Labute approximate surface area is 237 Å². The van der Waals surface area contributed by atoms with E-state index in [-0.39, 0.29) is 11.8 Å². The summed E-state index contributed by atoms with van der Waals surface area (Å²) in [6.45, 7) is 0.302. The second-order valence-electron chi connectivity index (χ2n) is 10.3. The standard InChI is InChI=1S/C33H28N2O6/c1-34-26-15-9-7-13-24(26)32(30(34)36)33(41-29(40-32)23-19-22(38-2)17-18-28(23)39-3)25-14-8-10-16-27(25)35(31(33)37)20-21-11-5-4-6-12-21/h4-19,29H,20H2,1-3H3/t29-,32+,33+/m0/s1. The van der Waals surface area contributed by atoms with Crippen molar-refractivity contribution in [3.8, 4) is 11.5 Å². The van der Waals surface area contributed by atoms with E-state index in [9.17, 15) is 9.59 Å². The molecule has 2 amide bonds. The lowest BCUT2D eigenvalue weighted by Gasteiger charge is -2.35. The first-order chi connectivity index (χ1) is 20.0. The predicted octanol–water partition coefficient (Wildman–Crippen LogP) is 5.06. The Hall–Kier alpha value is -4.66. The van der Waals surface area contributed by atoms with Crippen molar-refractivity contribution >= 4 is 23.2 Å². The van der Waals surface area contributed by atoms with Crippen molar-refractivity contribution in [3.63, 3.8) is 0 Å². The Balaban J connectivity index is 1.49. The number of methoxy groups -OCH3 is 2. The maximum atomic E-state index is 15.0. The van der Waals surface area contributed by atoms with Crippen molar-refractivity contribution in [1.82, 2.24) is 0 Å². The summed E-state index contributed by atoms with van der Waals surface area (Å²) in [5.41, 5.74) is 0.320. The zero-order valence-corrected chi connectivity index (χ0v) is 22.9. The number of benzene rings is 4. The maximum Gasteiger partial charge on any atom is 0.268 e. The Bertz CT molecular complexity index is 1690. The van der Waals surface area contributed by atoms with Gasteiger partial charge in [-0.3, -0.25) is 9.59 Å². The lowest BCUT2D eigenvalue weighted by molar-refractivity contribution is -0.156. The molecule has 3 aliphatic heterocycles. The van der Waals surface area contributed by atoms with Crippen molar-refractivity contribution in [3.05, 3.63) is 119 Å². The van der Waals surface area contributed by atoms with Crippen molar-refractivity contribution in [2.45, 2.75) is 24.0 Å². The van der Waals surface area contributed by atoms with Gasteiger partial charge in [-0.05, 0) is 35.9 Å². The fraction of sp³-hybridized carbons (Fsp3) is 0.212. The molecule has 4 aromatic carbocycles. The van der Waals surface area contributed by atoms with Crippen LogP contribution in [0.25, 0.3) is 0 Å². The average molecular weight is 549 g/mol. The highest BCUT2D eigenvalue weighted by Gasteiger charge is 2.78. The first kappa shape index (κ1) is 25.3. The van der Waals surface area contributed by atoms with E-state index in [4.69, 9.17) is 18.9 Å². The van der Waals surface area contributed by atoms with Gasteiger partial charge >= 0.3 is 0 Å². The summed E-state index contributed by atoms with van der Waals surface area (Å²) in [6, 6.07) is 29.9. The number of ether oxygens (including phenoxy) is 4. The van der Waals surface area contributed by atoms with Crippen LogP contribution in [-0.2, 0) is 36.8 Å². The van der Waals surface area contributed by atoms with E-state index in [0.717, 1.165) is 5.56 Å². The van der Waals surface area contributed by atoms with Crippen LogP contribution >= 0.6 is 0 Å². The second kappa shape index (κ2) is 9.19. The summed E-state index contributed by atoms with van der Waals surface area (Å²) < 4.78 is 24.8. The van der Waals surface area contributed by atoms with E-state index in [1.54, 1.807) is 49.3 Å². The van der Waals surface area contributed by atoms with Crippen LogP contribution in [-0.4, -0.2) is 33.1 Å². The molecule has 206 valence electrons. The van der Waals surface area contributed by atoms with Crippen molar-refractivity contribution < 1.29 is 28.5 Å². The molecule has 3 atom stereocenters. The number of hydrogen-bond acceptors (Lipinski definition) is 6. The third kappa shape index (κ3) is 3.29. The molecule has 0 bridgehead atoms. The highest BCUT2D eigenvalue weighted by Crippen LogP contribution is 2.66. The lowest BCUT2D eigenvalue weighted by atomic mass is 9.74. The predicted molar refractivity (Wildman–Crippen MR) is 152 cm³/mol. The Morgan fingerprint density at radius 3 is 2.02 bits per heavy atom. The van der Waals surface area contributed by atoms with E-state index < -0.39 is 17.5 Å². The lowest BCUT2D eigenvalue weighted by Crippen LogP contribution is -2.57. The van der Waals surface area contributed by atoms with Gasteiger partial charge in [0.2, 0.25) is 11.2 Å². The Kier molecular flexibility index (Phi) is 5.67. The number of carbonyl (C=O) groups excluding carboxylic acids is 2. The Morgan fingerprint density at radius 2 is 1.34 bits per heavy atom. The molecule has 1 saturated heterocycles. The third-order valence-electron chi connectivity index (χ3n) is 8.31. The number of rotatable bonds is 5. The molecule has 41 heavy (non-hydrogen) atoms. The molecule has 3 heterocycles. The number of fused-ring (bicyclic) bond motifs is 5. The number of anilines is 2. The molecule has 8 heteroatoms. The van der Waals surface area contributed by atoms with Gasteiger partial charge in [-0.15, -0.1) is 0 Å². The number of amides is 2. The molecular formula is C33H28N2O6. The number of hydrogen-bond donors (Lipinski definition) is 0. The average Bonchev–Trinajstić information content (AvgIpc) is 3.58. The topological polar surface area (TPSA) is 77.5 Å². The fourth-order valence-corrected chi connectivity index (χ4v) is 6.44. The van der Waals surface area contributed by atoms with E-state index in [1.807, 2.05) is 78.9 Å². The normalized spacial score (nSPS) is 24.3. The van der Waals surface area contributed by atoms with Crippen molar-refractivity contribution in [2.24, 2.45) is 0 Å². The van der Waals surface area contributed by atoms with Crippen LogP contribution < -0.4 is 19.3 Å². The van der Waals surface area contributed by atoms with E-state index >= 15 is 0 Å². The number of carbonyl (C=O) groups is 2. The second-order valence-corrected chi connectivity index (χ2v) is 10.3. The van der Waals surface area contributed by atoms with Gasteiger partial charge in [0.05, 0.1) is 37.7 Å². The van der Waals surface area contributed by atoms with Crippen molar-refractivity contribution in [1.29, 1.82) is 0 Å². The zero-order valence-electron chi connectivity index (χ0n) is 22.9. The first-order valence-corrected chi connectivity index (χ1v) is 13.4. The SMILES string of the molecule is COc1ccc(OC)c([C@H]2O[C@]3(C(=O)N(C)c4ccccc43)[C@]3(O2)C(=O)N(Cc2ccccc2)c2ccccc23)c1. The molecule has 3 aliphatic rings. The summed E-state index contributed by atoms with van der Waals surface area (Å²) >= 11 is 0. The minimum Gasteiger partial charge on any atom is -0.497 e. The van der Waals surface area contributed by atoms with Crippen LogP contribution in [0.2, 0.25) is 0 Å². The fourth-order valence-electron chi connectivity index (χ4n) is 6.44. The van der Waals surface area contributed by atoms with Gasteiger partial charge in [-0.1, -0.05) is 66.7 Å². The molecule has 8 nitrogen and oxygen atoms in total. The Morgan fingerprint density at radius 1 is 0.732 bits per heavy atom. The van der Waals surface area contributed by atoms with Gasteiger partial charge in [-0.25, -0.2) is 0 Å². The number of likely N-dealkylation sites (N-methyl/N-ethyl adjacent to an activating group) is 1. The summed E-state index contributed by atoms with van der Waals surface area (Å²) in [5.74, 6) is 0.287. The van der Waals surface area contributed by atoms with Crippen LogP contribution in [0, 0.1) is 0 Å². The van der Waals surface area contributed by atoms with Gasteiger partial charge in [0.25, 0.3) is 11.8 Å². The third-order valence-corrected chi connectivity index (χ3v) is 8.31. The summed E-state index contributed by atoms with van der Waals surface area (Å²) in [6.07, 6.45) is -1.13. The van der Waals surface area contributed by atoms with Crippen LogP contribution in [0.1, 0.15) is 28.5 Å². The van der Waals surface area contributed by atoms with Crippen LogP contribution in [0.4, 0.5) is 11.4 Å². The molecule has 0 radical (unpaired) electrons. The highest BCUT2D eigenvalue weighted by atomic mass is 16.8.